The number of nitrogens with one attached hydrogen (secondary N) is 1. The van der Waals surface area contributed by atoms with E-state index in [1.165, 1.54) is 11.0 Å². The molecule has 2 aliphatic heterocycles. The second kappa shape index (κ2) is 13.9. The van der Waals surface area contributed by atoms with Crippen LogP contribution in [0.3, 0.4) is 0 Å². The number of benzene rings is 2. The molecule has 0 spiro atoms. The maximum absolute atomic E-state index is 13.2. The van der Waals surface area contributed by atoms with Gasteiger partial charge in [0, 0.05) is 51.4 Å². The van der Waals surface area contributed by atoms with Crippen molar-refractivity contribution in [2.24, 2.45) is 0 Å². The van der Waals surface area contributed by atoms with Gasteiger partial charge in [-0.3, -0.25) is 14.5 Å². The second-order valence-electron chi connectivity index (χ2n) is 9.69. The molecule has 0 aromatic heterocycles. The summed E-state index contributed by atoms with van der Waals surface area (Å²) in [6, 6.07) is 12.9. The largest absolute Gasteiger partial charge is 0.508 e. The molecular formula is C28H36N4O7. The minimum absolute atomic E-state index is 0.0513. The second-order valence-corrected chi connectivity index (χ2v) is 9.69. The van der Waals surface area contributed by atoms with Crippen LogP contribution in [0.1, 0.15) is 27.9 Å². The van der Waals surface area contributed by atoms with Crippen molar-refractivity contribution >= 4 is 17.9 Å². The van der Waals surface area contributed by atoms with Crippen LogP contribution in [-0.4, -0.2) is 108 Å². The Morgan fingerprint density at radius 2 is 1.64 bits per heavy atom. The van der Waals surface area contributed by atoms with Crippen LogP contribution in [0.4, 0.5) is 4.79 Å². The minimum atomic E-state index is -1.15. The Morgan fingerprint density at radius 3 is 2.38 bits per heavy atom. The minimum Gasteiger partial charge on any atom is -0.508 e. The predicted octanol–water partition coefficient (Wildman–Crippen LogP) is 1.19. The average molecular weight is 541 g/mol. The summed E-state index contributed by atoms with van der Waals surface area (Å²) in [5, 5.41) is 22.7. The van der Waals surface area contributed by atoms with Gasteiger partial charge < -0.3 is 34.8 Å². The highest BCUT2D eigenvalue weighted by atomic mass is 16.6. The summed E-state index contributed by atoms with van der Waals surface area (Å²) < 4.78 is 10.8. The Balaban J connectivity index is 1.31. The lowest BCUT2D eigenvalue weighted by Crippen LogP contribution is -2.51. The molecule has 39 heavy (non-hydrogen) atoms. The third kappa shape index (κ3) is 8.16. The molecular weight excluding hydrogens is 504 g/mol. The Morgan fingerprint density at radius 1 is 0.923 bits per heavy atom. The number of aliphatic hydroxyl groups is 1. The summed E-state index contributed by atoms with van der Waals surface area (Å²) in [7, 11) is 0. The maximum atomic E-state index is 13.2. The number of aromatic hydroxyl groups is 1. The van der Waals surface area contributed by atoms with Crippen molar-refractivity contribution in [2.75, 3.05) is 59.1 Å². The first-order valence-corrected chi connectivity index (χ1v) is 13.2. The van der Waals surface area contributed by atoms with Gasteiger partial charge in [0.05, 0.1) is 19.8 Å². The van der Waals surface area contributed by atoms with Crippen molar-refractivity contribution in [3.63, 3.8) is 0 Å². The summed E-state index contributed by atoms with van der Waals surface area (Å²) in [6.07, 6.45) is 0.0901. The van der Waals surface area contributed by atoms with E-state index in [1.54, 1.807) is 17.0 Å². The van der Waals surface area contributed by atoms with Gasteiger partial charge in [0.25, 0.3) is 5.91 Å². The number of phenols is 1. The van der Waals surface area contributed by atoms with Crippen LogP contribution < -0.4 is 5.32 Å². The van der Waals surface area contributed by atoms with Gasteiger partial charge >= 0.3 is 6.09 Å². The molecule has 2 saturated heterocycles. The third-order valence-corrected chi connectivity index (χ3v) is 6.81. The molecule has 3 N–H and O–H groups in total. The van der Waals surface area contributed by atoms with E-state index in [-0.39, 0.29) is 31.0 Å². The highest BCUT2D eigenvalue weighted by Gasteiger charge is 2.29. The van der Waals surface area contributed by atoms with Crippen molar-refractivity contribution in [1.29, 1.82) is 0 Å². The molecule has 0 saturated carbocycles. The summed E-state index contributed by atoms with van der Waals surface area (Å²) >= 11 is 0. The van der Waals surface area contributed by atoms with E-state index in [1.807, 2.05) is 30.3 Å². The zero-order valence-corrected chi connectivity index (χ0v) is 22.0. The van der Waals surface area contributed by atoms with Crippen LogP contribution in [0.15, 0.2) is 48.5 Å². The lowest BCUT2D eigenvalue weighted by atomic mass is 10.1. The molecule has 3 amide bonds. The summed E-state index contributed by atoms with van der Waals surface area (Å²) in [5.74, 6) is -1.05. The van der Waals surface area contributed by atoms with Crippen molar-refractivity contribution in [2.45, 2.75) is 25.6 Å². The number of amides is 3. The van der Waals surface area contributed by atoms with E-state index < -0.39 is 30.6 Å². The highest BCUT2D eigenvalue weighted by Crippen LogP contribution is 2.18. The predicted molar refractivity (Wildman–Crippen MR) is 142 cm³/mol. The molecule has 0 bridgehead atoms. The Bertz CT molecular complexity index is 1120. The Labute approximate surface area is 227 Å². The monoisotopic (exact) mass is 540 g/mol. The molecule has 11 nitrogen and oxygen atoms in total. The van der Waals surface area contributed by atoms with E-state index in [4.69, 9.17) is 9.47 Å². The SMILES string of the molecule is O=C(N[C@@H](CO)C(=O)N1CCCN(C(=O)OCc2ccccc2)CC1)c1cc(O)cc(CN2CCOCC2)c1. The number of aliphatic hydroxyl groups excluding tert-OH is 1. The normalized spacial score (nSPS) is 17.3. The molecule has 2 aromatic carbocycles. The summed E-state index contributed by atoms with van der Waals surface area (Å²) in [5.41, 5.74) is 1.85. The number of hydrogen-bond donors (Lipinski definition) is 3. The van der Waals surface area contributed by atoms with Crippen molar-refractivity contribution in [3.8, 4) is 5.75 Å². The summed E-state index contributed by atoms with van der Waals surface area (Å²) in [4.78, 5) is 44.0. The van der Waals surface area contributed by atoms with Crippen LogP contribution in [0.25, 0.3) is 0 Å². The molecule has 2 fully saturated rings. The zero-order chi connectivity index (χ0) is 27.6. The first-order chi connectivity index (χ1) is 18.9. The maximum Gasteiger partial charge on any atom is 0.410 e. The van der Waals surface area contributed by atoms with Crippen LogP contribution in [0.5, 0.6) is 5.75 Å². The van der Waals surface area contributed by atoms with Crippen LogP contribution >= 0.6 is 0 Å². The fourth-order valence-electron chi connectivity index (χ4n) is 4.69. The van der Waals surface area contributed by atoms with Gasteiger partial charge in [-0.2, -0.15) is 0 Å². The van der Waals surface area contributed by atoms with Crippen molar-refractivity contribution in [1.82, 2.24) is 20.0 Å². The molecule has 2 heterocycles. The van der Waals surface area contributed by atoms with E-state index in [0.717, 1.165) is 24.2 Å². The van der Waals surface area contributed by atoms with Gasteiger partial charge in [0.15, 0.2) is 0 Å². The Hall–Kier alpha value is -3.67. The lowest BCUT2D eigenvalue weighted by molar-refractivity contribution is -0.134. The number of nitrogens with zero attached hydrogens (tertiary/aromatic N) is 3. The molecule has 210 valence electrons. The fourth-order valence-corrected chi connectivity index (χ4v) is 4.69. The van der Waals surface area contributed by atoms with Crippen LogP contribution in [0.2, 0.25) is 0 Å². The first kappa shape index (κ1) is 28.3. The van der Waals surface area contributed by atoms with Gasteiger partial charge in [-0.25, -0.2) is 4.79 Å². The van der Waals surface area contributed by atoms with Crippen molar-refractivity contribution in [3.05, 3.63) is 65.2 Å². The van der Waals surface area contributed by atoms with Crippen LogP contribution in [0, 0.1) is 0 Å². The van der Waals surface area contributed by atoms with Gasteiger partial charge in [0.2, 0.25) is 5.91 Å². The van der Waals surface area contributed by atoms with E-state index >= 15 is 0 Å². The Kier molecular flexibility index (Phi) is 10.1. The van der Waals surface area contributed by atoms with Gasteiger partial charge in [-0.1, -0.05) is 30.3 Å². The third-order valence-electron chi connectivity index (χ3n) is 6.81. The number of carbonyl (C=O) groups excluding carboxylic acids is 3. The zero-order valence-electron chi connectivity index (χ0n) is 22.0. The number of hydrogen-bond acceptors (Lipinski definition) is 8. The first-order valence-electron chi connectivity index (χ1n) is 13.2. The fraction of sp³-hybridized carbons (Fsp3) is 0.464. The lowest BCUT2D eigenvalue weighted by Gasteiger charge is -2.27. The molecule has 2 aliphatic rings. The molecule has 1 atom stereocenters. The smallest absolute Gasteiger partial charge is 0.410 e. The molecule has 11 heteroatoms. The van der Waals surface area contributed by atoms with Gasteiger partial charge in [-0.05, 0) is 35.7 Å². The quantitative estimate of drug-likeness (QED) is 0.455. The topological polar surface area (TPSA) is 132 Å². The molecule has 0 aliphatic carbocycles. The number of phenolic OH excluding ortho intramolecular Hbond substituents is 1. The average Bonchev–Trinajstić information content (AvgIpc) is 3.21. The standard InChI is InChI=1S/C28H36N4O7/c33-19-25(29-26(35)23-15-22(16-24(34)17-23)18-30-11-13-38-14-12-30)27(36)31-7-4-8-32(10-9-31)28(37)39-20-21-5-2-1-3-6-21/h1-3,5-6,15-17,25,33-34H,4,7-14,18-20H2,(H,29,35)/t25-/m0/s1. The molecule has 0 radical (unpaired) electrons. The van der Waals surface area contributed by atoms with E-state index in [0.29, 0.717) is 39.3 Å². The number of rotatable bonds is 8. The molecule has 0 unspecified atom stereocenters. The number of ether oxygens (including phenoxy) is 2. The molecule has 2 aromatic rings. The van der Waals surface area contributed by atoms with Crippen LogP contribution in [-0.2, 0) is 27.4 Å². The highest BCUT2D eigenvalue weighted by molar-refractivity contribution is 5.98. The van der Waals surface area contributed by atoms with E-state index in [2.05, 4.69) is 10.2 Å². The van der Waals surface area contributed by atoms with Gasteiger partial charge in [-0.15, -0.1) is 0 Å². The molecule has 4 rings (SSSR count). The number of morpholine rings is 1. The van der Waals surface area contributed by atoms with E-state index in [9.17, 15) is 24.6 Å². The van der Waals surface area contributed by atoms with Gasteiger partial charge in [0.1, 0.15) is 18.4 Å². The number of carbonyl (C=O) groups is 3. The summed E-state index contributed by atoms with van der Waals surface area (Å²) in [6.45, 7) is 4.27. The van der Waals surface area contributed by atoms with Crippen molar-refractivity contribution < 1.29 is 34.1 Å².